The van der Waals surface area contributed by atoms with E-state index in [1.165, 1.54) is 5.56 Å². The zero-order valence-electron chi connectivity index (χ0n) is 12.0. The Morgan fingerprint density at radius 1 is 1.29 bits per heavy atom. The molecule has 2 aromatic carbocycles. The van der Waals surface area contributed by atoms with Gasteiger partial charge in [0.25, 0.3) is 5.91 Å². The standard InChI is InChI=1S/C17H18N2O2/c1-19(11-12-3-2-4-15(20)9-12)17(21)14-5-6-16-13(10-14)7-8-18-16/h2-6,9-10,18,20H,7-8,11H2,1H3. The third kappa shape index (κ3) is 2.84. The molecule has 3 rings (SSSR count). The third-order valence-electron chi connectivity index (χ3n) is 3.74. The third-order valence-corrected chi connectivity index (χ3v) is 3.74. The van der Waals surface area contributed by atoms with Gasteiger partial charge < -0.3 is 15.3 Å². The topological polar surface area (TPSA) is 52.6 Å². The van der Waals surface area contributed by atoms with E-state index < -0.39 is 0 Å². The lowest BCUT2D eigenvalue weighted by molar-refractivity contribution is 0.0785. The summed E-state index contributed by atoms with van der Waals surface area (Å²) < 4.78 is 0. The number of nitrogens with one attached hydrogen (secondary N) is 1. The van der Waals surface area contributed by atoms with Crippen LogP contribution in [-0.2, 0) is 13.0 Å². The van der Waals surface area contributed by atoms with Gasteiger partial charge in [-0.3, -0.25) is 4.79 Å². The molecule has 0 saturated carbocycles. The highest BCUT2D eigenvalue weighted by Gasteiger charge is 2.16. The maximum atomic E-state index is 12.5. The van der Waals surface area contributed by atoms with Crippen LogP contribution in [0.4, 0.5) is 5.69 Å². The van der Waals surface area contributed by atoms with Crippen LogP contribution >= 0.6 is 0 Å². The van der Waals surface area contributed by atoms with Gasteiger partial charge in [0, 0.05) is 31.4 Å². The van der Waals surface area contributed by atoms with Crippen molar-refractivity contribution in [3.05, 3.63) is 59.2 Å². The van der Waals surface area contributed by atoms with Gasteiger partial charge in [-0.05, 0) is 47.9 Å². The van der Waals surface area contributed by atoms with Crippen molar-refractivity contribution in [3.8, 4) is 5.75 Å². The van der Waals surface area contributed by atoms with E-state index >= 15 is 0 Å². The number of nitrogens with zero attached hydrogens (tertiary/aromatic N) is 1. The molecule has 1 heterocycles. The Balaban J connectivity index is 1.75. The average molecular weight is 282 g/mol. The lowest BCUT2D eigenvalue weighted by atomic mass is 10.1. The maximum Gasteiger partial charge on any atom is 0.253 e. The number of hydrogen-bond donors (Lipinski definition) is 2. The van der Waals surface area contributed by atoms with Crippen molar-refractivity contribution in [1.82, 2.24) is 4.90 Å². The summed E-state index contributed by atoms with van der Waals surface area (Å²) in [6, 6.07) is 12.8. The van der Waals surface area contributed by atoms with Crippen LogP contribution in [0.5, 0.6) is 5.75 Å². The Bertz CT molecular complexity index is 682. The maximum absolute atomic E-state index is 12.5. The van der Waals surface area contributed by atoms with Crippen molar-refractivity contribution in [2.24, 2.45) is 0 Å². The van der Waals surface area contributed by atoms with Gasteiger partial charge in [0.2, 0.25) is 0 Å². The first-order valence-corrected chi connectivity index (χ1v) is 7.03. The van der Waals surface area contributed by atoms with Gasteiger partial charge in [-0.2, -0.15) is 0 Å². The minimum absolute atomic E-state index is 0.00644. The molecule has 4 heteroatoms. The van der Waals surface area contributed by atoms with Crippen LogP contribution in [0.25, 0.3) is 0 Å². The smallest absolute Gasteiger partial charge is 0.253 e. The first-order chi connectivity index (χ1) is 10.1. The van der Waals surface area contributed by atoms with Crippen molar-refractivity contribution >= 4 is 11.6 Å². The van der Waals surface area contributed by atoms with Gasteiger partial charge >= 0.3 is 0 Å². The number of phenols is 1. The Hall–Kier alpha value is -2.49. The second kappa shape index (κ2) is 5.48. The highest BCUT2D eigenvalue weighted by atomic mass is 16.3. The lowest BCUT2D eigenvalue weighted by Crippen LogP contribution is -2.26. The minimum atomic E-state index is -0.00644. The largest absolute Gasteiger partial charge is 0.508 e. The highest BCUT2D eigenvalue weighted by Crippen LogP contribution is 2.23. The molecule has 1 aliphatic rings. The fourth-order valence-corrected chi connectivity index (χ4v) is 2.66. The number of fused-ring (bicyclic) bond motifs is 1. The van der Waals surface area contributed by atoms with Gasteiger partial charge in [0.1, 0.15) is 5.75 Å². The molecule has 2 N–H and O–H groups in total. The molecule has 4 nitrogen and oxygen atoms in total. The van der Waals surface area contributed by atoms with Gasteiger partial charge in [-0.25, -0.2) is 0 Å². The molecule has 2 aromatic rings. The van der Waals surface area contributed by atoms with Crippen LogP contribution in [-0.4, -0.2) is 29.5 Å². The number of carbonyl (C=O) groups excluding carboxylic acids is 1. The monoisotopic (exact) mass is 282 g/mol. The first kappa shape index (κ1) is 13.5. The quantitative estimate of drug-likeness (QED) is 0.910. The van der Waals surface area contributed by atoms with Crippen molar-refractivity contribution in [2.45, 2.75) is 13.0 Å². The van der Waals surface area contributed by atoms with E-state index in [9.17, 15) is 9.90 Å². The second-order valence-electron chi connectivity index (χ2n) is 5.38. The number of anilines is 1. The lowest BCUT2D eigenvalue weighted by Gasteiger charge is -2.18. The summed E-state index contributed by atoms with van der Waals surface area (Å²) in [5.41, 5.74) is 3.95. The van der Waals surface area contributed by atoms with E-state index in [1.807, 2.05) is 24.3 Å². The SMILES string of the molecule is CN(Cc1cccc(O)c1)C(=O)c1ccc2c(c1)CCN2. The number of benzene rings is 2. The molecule has 0 radical (unpaired) electrons. The molecule has 0 fully saturated rings. The molecule has 1 amide bonds. The van der Waals surface area contributed by atoms with Crippen LogP contribution in [0.15, 0.2) is 42.5 Å². The van der Waals surface area contributed by atoms with Crippen LogP contribution in [0.1, 0.15) is 21.5 Å². The summed E-state index contributed by atoms with van der Waals surface area (Å²) in [4.78, 5) is 14.1. The Morgan fingerprint density at radius 3 is 2.95 bits per heavy atom. The summed E-state index contributed by atoms with van der Waals surface area (Å²) in [6.07, 6.45) is 0.965. The summed E-state index contributed by atoms with van der Waals surface area (Å²) in [7, 11) is 1.78. The Morgan fingerprint density at radius 2 is 2.14 bits per heavy atom. The zero-order valence-corrected chi connectivity index (χ0v) is 12.0. The molecule has 1 aliphatic heterocycles. The van der Waals surface area contributed by atoms with Crippen LogP contribution in [0.2, 0.25) is 0 Å². The molecule has 108 valence electrons. The van der Waals surface area contributed by atoms with Crippen LogP contribution in [0, 0.1) is 0 Å². The molecular formula is C17H18N2O2. The number of amides is 1. The molecule has 0 saturated heterocycles. The van der Waals surface area contributed by atoms with Gasteiger partial charge in [0.05, 0.1) is 0 Å². The number of rotatable bonds is 3. The van der Waals surface area contributed by atoms with E-state index in [-0.39, 0.29) is 11.7 Å². The van der Waals surface area contributed by atoms with E-state index in [0.717, 1.165) is 24.2 Å². The van der Waals surface area contributed by atoms with E-state index in [4.69, 9.17) is 0 Å². The summed E-state index contributed by atoms with van der Waals surface area (Å²) in [5, 5.41) is 12.8. The Kier molecular flexibility index (Phi) is 3.52. The number of carbonyl (C=O) groups is 1. The van der Waals surface area contributed by atoms with Gasteiger partial charge in [-0.1, -0.05) is 12.1 Å². The number of phenolic OH excluding ortho intramolecular Hbond substituents is 1. The predicted molar refractivity (Wildman–Crippen MR) is 82.5 cm³/mol. The summed E-state index contributed by atoms with van der Waals surface area (Å²) in [6.45, 7) is 1.41. The molecular weight excluding hydrogens is 264 g/mol. The average Bonchev–Trinajstić information content (AvgIpc) is 2.93. The number of hydrogen-bond acceptors (Lipinski definition) is 3. The highest BCUT2D eigenvalue weighted by molar-refractivity contribution is 5.94. The van der Waals surface area contributed by atoms with E-state index in [2.05, 4.69) is 5.32 Å². The van der Waals surface area contributed by atoms with Gasteiger partial charge in [0.15, 0.2) is 0 Å². The van der Waals surface area contributed by atoms with Crippen molar-refractivity contribution in [3.63, 3.8) is 0 Å². The molecule has 0 aromatic heterocycles. The van der Waals surface area contributed by atoms with Crippen LogP contribution in [0.3, 0.4) is 0 Å². The molecule has 0 aliphatic carbocycles. The molecule has 0 bridgehead atoms. The fourth-order valence-electron chi connectivity index (χ4n) is 2.66. The second-order valence-corrected chi connectivity index (χ2v) is 5.38. The van der Waals surface area contributed by atoms with Gasteiger partial charge in [-0.15, -0.1) is 0 Å². The van der Waals surface area contributed by atoms with Crippen molar-refractivity contribution < 1.29 is 9.90 Å². The van der Waals surface area contributed by atoms with Crippen molar-refractivity contribution in [2.75, 3.05) is 18.9 Å². The zero-order chi connectivity index (χ0) is 14.8. The molecule has 0 spiro atoms. The molecule has 0 unspecified atom stereocenters. The summed E-state index contributed by atoms with van der Waals surface area (Å²) >= 11 is 0. The fraction of sp³-hybridized carbons (Fsp3) is 0.235. The van der Waals surface area contributed by atoms with E-state index in [1.54, 1.807) is 30.1 Å². The van der Waals surface area contributed by atoms with E-state index in [0.29, 0.717) is 12.1 Å². The Labute approximate surface area is 124 Å². The predicted octanol–water partition coefficient (Wildman–Crippen LogP) is 2.63. The molecule has 21 heavy (non-hydrogen) atoms. The first-order valence-electron chi connectivity index (χ1n) is 7.03. The van der Waals surface area contributed by atoms with Crippen LogP contribution < -0.4 is 5.32 Å². The minimum Gasteiger partial charge on any atom is -0.508 e. The number of aromatic hydroxyl groups is 1. The normalized spacial score (nSPS) is 12.6. The van der Waals surface area contributed by atoms with Crippen molar-refractivity contribution in [1.29, 1.82) is 0 Å². The molecule has 0 atom stereocenters. The summed E-state index contributed by atoms with van der Waals surface area (Å²) in [5.74, 6) is 0.213.